The summed E-state index contributed by atoms with van der Waals surface area (Å²) in [5.41, 5.74) is 3.04. The molecule has 0 bridgehead atoms. The molecule has 3 aromatic carbocycles. The molecule has 0 aromatic heterocycles. The maximum absolute atomic E-state index is 13.9. The zero-order valence-corrected chi connectivity index (χ0v) is 15.0. The van der Waals surface area contributed by atoms with Crippen LogP contribution < -0.4 is 10.6 Å². The second-order valence-corrected chi connectivity index (χ2v) is 6.35. The van der Waals surface area contributed by atoms with Gasteiger partial charge in [0.25, 0.3) is 5.91 Å². The number of nitrogens with two attached hydrogens (primary N) is 1. The molecule has 1 atom stereocenters. The van der Waals surface area contributed by atoms with Gasteiger partial charge in [-0.15, -0.1) is 0 Å². The first-order valence-corrected chi connectivity index (χ1v) is 8.77. The second-order valence-electron chi connectivity index (χ2n) is 6.35. The number of benzene rings is 3. The Kier molecular flexibility index (Phi) is 5.94. The number of rotatable bonds is 6. The van der Waals surface area contributed by atoms with Gasteiger partial charge in [-0.1, -0.05) is 48.5 Å². The van der Waals surface area contributed by atoms with Crippen LogP contribution in [0, 0.1) is 11.6 Å². The van der Waals surface area contributed by atoms with Crippen molar-refractivity contribution in [2.24, 2.45) is 0 Å². The van der Waals surface area contributed by atoms with Crippen LogP contribution in [0.3, 0.4) is 0 Å². The number of halogens is 2. The van der Waals surface area contributed by atoms with E-state index in [1.54, 1.807) is 12.2 Å². The maximum atomic E-state index is 13.9. The molecule has 0 heterocycles. The third-order valence-electron chi connectivity index (χ3n) is 4.40. The monoisotopic (exact) mass is 367 g/mol. The molecule has 3 nitrogen and oxygen atoms in total. The topological polar surface area (TPSA) is 45.7 Å². The highest BCUT2D eigenvalue weighted by Crippen LogP contribution is 2.27. The predicted octanol–water partition coefficient (Wildman–Crippen LogP) is 3.89. The molecule has 0 aliphatic rings. The Bertz CT molecular complexity index is 929. The van der Waals surface area contributed by atoms with Gasteiger partial charge in [0.2, 0.25) is 0 Å². The van der Waals surface area contributed by atoms with Crippen molar-refractivity contribution in [2.45, 2.75) is 13.0 Å². The van der Waals surface area contributed by atoms with Gasteiger partial charge in [0, 0.05) is 22.9 Å². The molecule has 138 valence electrons. The normalized spacial score (nSPS) is 11.8. The molecule has 3 aromatic rings. The van der Waals surface area contributed by atoms with Crippen molar-refractivity contribution in [3.63, 3.8) is 0 Å². The van der Waals surface area contributed by atoms with Gasteiger partial charge >= 0.3 is 0 Å². The van der Waals surface area contributed by atoms with Gasteiger partial charge in [0.1, 0.15) is 17.7 Å². The van der Waals surface area contributed by atoms with E-state index in [4.69, 9.17) is 0 Å². The van der Waals surface area contributed by atoms with Crippen molar-refractivity contribution in [2.75, 3.05) is 11.9 Å². The highest BCUT2D eigenvalue weighted by atomic mass is 19.1. The van der Waals surface area contributed by atoms with E-state index in [2.05, 4.69) is 5.32 Å². The molecule has 3 N–H and O–H groups in total. The third kappa shape index (κ3) is 4.77. The first-order valence-electron chi connectivity index (χ1n) is 8.77. The lowest BCUT2D eigenvalue weighted by Crippen LogP contribution is -2.86. The minimum absolute atomic E-state index is 0.126. The van der Waals surface area contributed by atoms with Crippen LogP contribution in [-0.2, 0) is 4.79 Å². The van der Waals surface area contributed by atoms with Crippen LogP contribution >= 0.6 is 0 Å². The number of hydrogen-bond donors (Lipinski definition) is 2. The summed E-state index contributed by atoms with van der Waals surface area (Å²) in [5, 5.41) is 4.63. The molecule has 0 spiro atoms. The fraction of sp³-hybridized carbons (Fsp3) is 0.136. The van der Waals surface area contributed by atoms with Gasteiger partial charge < -0.3 is 10.6 Å². The van der Waals surface area contributed by atoms with Crippen LogP contribution in [0.25, 0.3) is 11.1 Å². The van der Waals surface area contributed by atoms with E-state index < -0.39 is 11.6 Å². The molecule has 0 unspecified atom stereocenters. The van der Waals surface area contributed by atoms with Gasteiger partial charge in [-0.05, 0) is 30.7 Å². The Morgan fingerprint density at radius 2 is 1.70 bits per heavy atom. The number of para-hydroxylation sites is 1. The van der Waals surface area contributed by atoms with Crippen LogP contribution in [0.4, 0.5) is 14.5 Å². The Balaban J connectivity index is 1.65. The summed E-state index contributed by atoms with van der Waals surface area (Å²) >= 11 is 0. The van der Waals surface area contributed by atoms with Crippen LogP contribution in [-0.4, -0.2) is 12.5 Å². The van der Waals surface area contributed by atoms with Gasteiger partial charge in [-0.25, -0.2) is 8.78 Å². The zero-order chi connectivity index (χ0) is 19.2. The van der Waals surface area contributed by atoms with E-state index in [0.717, 1.165) is 22.9 Å². The van der Waals surface area contributed by atoms with Crippen LogP contribution in [0.1, 0.15) is 18.5 Å². The van der Waals surface area contributed by atoms with Crippen LogP contribution in [0.5, 0.6) is 0 Å². The molecular weight excluding hydrogens is 346 g/mol. The number of amides is 1. The molecule has 5 heteroatoms. The summed E-state index contributed by atoms with van der Waals surface area (Å²) in [6.45, 7) is 1.91. The first kappa shape index (κ1) is 18.7. The minimum Gasteiger partial charge on any atom is -0.332 e. The number of carbonyl (C=O) groups excluding carboxylic acids is 1. The molecule has 0 radical (unpaired) electrons. The van der Waals surface area contributed by atoms with Crippen molar-refractivity contribution in [1.29, 1.82) is 0 Å². The Morgan fingerprint density at radius 3 is 2.44 bits per heavy atom. The smallest absolute Gasteiger partial charge is 0.279 e. The fourth-order valence-electron chi connectivity index (χ4n) is 2.94. The number of nitrogens with one attached hydrogen (secondary N) is 1. The van der Waals surface area contributed by atoms with Crippen molar-refractivity contribution >= 4 is 11.6 Å². The van der Waals surface area contributed by atoms with Crippen molar-refractivity contribution in [1.82, 2.24) is 0 Å². The van der Waals surface area contributed by atoms with Gasteiger partial charge in [0.05, 0.1) is 0 Å². The van der Waals surface area contributed by atoms with Gasteiger partial charge in [-0.3, -0.25) is 4.79 Å². The fourth-order valence-corrected chi connectivity index (χ4v) is 2.94. The van der Waals surface area contributed by atoms with E-state index in [1.165, 1.54) is 12.1 Å². The lowest BCUT2D eigenvalue weighted by Gasteiger charge is -2.14. The molecule has 27 heavy (non-hydrogen) atoms. The SMILES string of the molecule is C[C@@H]([NH2+]CC(=O)Nc1ccccc1-c1ccccc1)c1ccc(F)cc1F. The number of quaternary nitrogens is 1. The van der Waals surface area contributed by atoms with Crippen molar-refractivity contribution < 1.29 is 18.9 Å². The highest BCUT2D eigenvalue weighted by Gasteiger charge is 2.16. The Hall–Kier alpha value is -3.05. The van der Waals surface area contributed by atoms with Crippen molar-refractivity contribution in [3.05, 3.63) is 90.0 Å². The van der Waals surface area contributed by atoms with E-state index in [1.807, 2.05) is 54.6 Å². The summed E-state index contributed by atoms with van der Waals surface area (Å²) in [6.07, 6.45) is 0. The van der Waals surface area contributed by atoms with E-state index in [0.29, 0.717) is 5.56 Å². The molecule has 0 aliphatic carbocycles. The maximum Gasteiger partial charge on any atom is 0.279 e. The highest BCUT2D eigenvalue weighted by molar-refractivity contribution is 5.95. The van der Waals surface area contributed by atoms with Gasteiger partial charge in [-0.2, -0.15) is 0 Å². The molecule has 0 fully saturated rings. The third-order valence-corrected chi connectivity index (χ3v) is 4.40. The molecule has 0 saturated carbocycles. The lowest BCUT2D eigenvalue weighted by molar-refractivity contribution is -0.682. The first-order chi connectivity index (χ1) is 13.0. The summed E-state index contributed by atoms with van der Waals surface area (Å²) in [5.74, 6) is -1.40. The summed E-state index contributed by atoms with van der Waals surface area (Å²) in [4.78, 5) is 12.4. The largest absolute Gasteiger partial charge is 0.332 e. The average molecular weight is 367 g/mol. The van der Waals surface area contributed by atoms with Gasteiger partial charge in [0.15, 0.2) is 6.54 Å². The van der Waals surface area contributed by atoms with Crippen LogP contribution in [0.2, 0.25) is 0 Å². The number of anilines is 1. The summed E-state index contributed by atoms with van der Waals surface area (Å²) in [7, 11) is 0. The average Bonchev–Trinajstić information content (AvgIpc) is 2.67. The molecule has 0 saturated heterocycles. The Morgan fingerprint density at radius 1 is 1.00 bits per heavy atom. The molecule has 0 aliphatic heterocycles. The quantitative estimate of drug-likeness (QED) is 0.682. The minimum atomic E-state index is -0.612. The summed E-state index contributed by atoms with van der Waals surface area (Å²) in [6, 6.07) is 20.6. The molecule has 3 rings (SSSR count). The standard InChI is InChI=1S/C22H20F2N2O/c1-15(18-12-11-17(23)13-20(18)24)25-14-22(27)26-21-10-6-5-9-19(21)16-7-3-2-4-8-16/h2-13,15,25H,14H2,1H3,(H,26,27)/p+1/t15-/m1/s1. The van der Waals surface area contributed by atoms with E-state index >= 15 is 0 Å². The summed E-state index contributed by atoms with van der Waals surface area (Å²) < 4.78 is 26.9. The predicted molar refractivity (Wildman–Crippen MR) is 102 cm³/mol. The zero-order valence-electron chi connectivity index (χ0n) is 15.0. The van der Waals surface area contributed by atoms with E-state index in [-0.39, 0.29) is 18.5 Å². The number of carbonyl (C=O) groups is 1. The second kappa shape index (κ2) is 8.56. The van der Waals surface area contributed by atoms with E-state index in [9.17, 15) is 13.6 Å². The lowest BCUT2D eigenvalue weighted by atomic mass is 10.0. The Labute approximate surface area is 157 Å². The molecule has 1 amide bonds. The van der Waals surface area contributed by atoms with Crippen molar-refractivity contribution in [3.8, 4) is 11.1 Å². The van der Waals surface area contributed by atoms with Crippen LogP contribution in [0.15, 0.2) is 72.8 Å². The molecular formula is C22H21F2N2O+. The number of hydrogen-bond acceptors (Lipinski definition) is 1.